The fraction of sp³-hybridized carbons (Fsp3) is 0.556. The topological polar surface area (TPSA) is 130 Å². The Hall–Kier alpha value is -2.19. The highest BCUT2D eigenvalue weighted by atomic mass is 35.5. The number of Topliss-reactive ketones (excluding diaryl/α,β-unsaturated/α-hetero) is 1. The second-order valence-electron chi connectivity index (χ2n) is 11.4. The van der Waals surface area contributed by atoms with Gasteiger partial charge in [0.1, 0.15) is 11.7 Å². The predicted octanol–water partition coefficient (Wildman–Crippen LogP) is 2.92. The molecule has 5 rings (SSSR count). The molecule has 7 nitrogen and oxygen atoms in total. The van der Waals surface area contributed by atoms with E-state index in [4.69, 9.17) is 22.1 Å². The van der Waals surface area contributed by atoms with Gasteiger partial charge in [0, 0.05) is 11.6 Å². The summed E-state index contributed by atoms with van der Waals surface area (Å²) in [5.41, 5.74) is 2.89. The monoisotopic (exact) mass is 501 g/mol. The van der Waals surface area contributed by atoms with E-state index in [-0.39, 0.29) is 50.8 Å². The molecule has 0 heterocycles. The van der Waals surface area contributed by atoms with Crippen LogP contribution in [-0.4, -0.2) is 51.5 Å². The van der Waals surface area contributed by atoms with Crippen molar-refractivity contribution in [1.29, 1.82) is 0 Å². The number of fused-ring (bicyclic) bond motifs is 3. The number of ketones is 1. The van der Waals surface area contributed by atoms with Crippen LogP contribution < -0.4 is 5.73 Å². The van der Waals surface area contributed by atoms with E-state index >= 15 is 0 Å². The molecule has 188 valence electrons. The quantitative estimate of drug-likeness (QED) is 0.284. The normalized spacial score (nSPS) is 41.1. The Morgan fingerprint density at radius 2 is 2.00 bits per heavy atom. The molecule has 0 radical (unpaired) electrons. The lowest BCUT2D eigenvalue weighted by atomic mass is 9.59. The van der Waals surface area contributed by atoms with Gasteiger partial charge in [0.2, 0.25) is 0 Å². The fourth-order valence-electron chi connectivity index (χ4n) is 7.52. The van der Waals surface area contributed by atoms with Crippen molar-refractivity contribution in [2.24, 2.45) is 34.5 Å². The van der Waals surface area contributed by atoms with Crippen LogP contribution in [0.5, 0.6) is 0 Å². The van der Waals surface area contributed by atoms with Crippen LogP contribution in [0.25, 0.3) is 0 Å². The van der Waals surface area contributed by atoms with Gasteiger partial charge in [-0.1, -0.05) is 50.6 Å². The lowest BCUT2D eigenvalue weighted by molar-refractivity contribution is -0.190. The summed E-state index contributed by atoms with van der Waals surface area (Å²) in [6.45, 7) is 7.32. The van der Waals surface area contributed by atoms with E-state index in [2.05, 4.69) is 13.8 Å². The molecule has 8 atom stereocenters. The first-order valence-electron chi connectivity index (χ1n) is 12.0. The summed E-state index contributed by atoms with van der Waals surface area (Å²) in [5, 5.41) is 34.2. The maximum Gasteiger partial charge on any atom is 0.342 e. The zero-order valence-corrected chi connectivity index (χ0v) is 21.0. The first-order chi connectivity index (χ1) is 16.3. The number of allylic oxidation sites excluding steroid dienone is 1. The number of ether oxygens (including phenoxy) is 1. The molecule has 2 fully saturated rings. The zero-order valence-electron chi connectivity index (χ0n) is 20.3. The van der Waals surface area contributed by atoms with E-state index in [1.807, 2.05) is 6.92 Å². The minimum absolute atomic E-state index is 0.0474. The van der Waals surface area contributed by atoms with Crippen molar-refractivity contribution in [3.05, 3.63) is 52.1 Å². The van der Waals surface area contributed by atoms with Crippen molar-refractivity contribution >= 4 is 29.0 Å². The van der Waals surface area contributed by atoms with Crippen LogP contribution in [0.15, 0.2) is 41.5 Å². The number of carbonyl (C=O) groups excluding carboxylic acids is 2. The van der Waals surface area contributed by atoms with Gasteiger partial charge in [0.25, 0.3) is 0 Å². The molecule has 8 heteroatoms. The third-order valence-corrected chi connectivity index (χ3v) is 9.69. The summed E-state index contributed by atoms with van der Waals surface area (Å²) >= 11 is 6.21. The molecule has 4 aliphatic carbocycles. The van der Waals surface area contributed by atoms with Gasteiger partial charge in [-0.2, -0.15) is 0 Å². The highest BCUT2D eigenvalue weighted by molar-refractivity contribution is 6.34. The Morgan fingerprint density at radius 3 is 2.63 bits per heavy atom. The van der Waals surface area contributed by atoms with Gasteiger partial charge < -0.3 is 25.8 Å². The Bertz CT molecular complexity index is 1170. The molecule has 4 aliphatic rings. The van der Waals surface area contributed by atoms with E-state index < -0.39 is 41.7 Å². The molecule has 35 heavy (non-hydrogen) atoms. The number of esters is 1. The molecule has 0 amide bonds. The number of nitrogens with two attached hydrogens (primary N) is 1. The summed E-state index contributed by atoms with van der Waals surface area (Å²) in [7, 11) is 0. The fourth-order valence-corrected chi connectivity index (χ4v) is 7.77. The maximum absolute atomic E-state index is 14.3. The summed E-state index contributed by atoms with van der Waals surface area (Å²) in [6, 6.07) is 4.62. The summed E-state index contributed by atoms with van der Waals surface area (Å²) in [6.07, 6.45) is 1.04. The minimum Gasteiger partial charge on any atom is -0.451 e. The molecule has 1 spiro atoms. The van der Waals surface area contributed by atoms with Gasteiger partial charge in [0.05, 0.1) is 17.0 Å². The summed E-state index contributed by atoms with van der Waals surface area (Å²) in [4.78, 5) is 27.6. The first-order valence-corrected chi connectivity index (χ1v) is 12.4. The predicted molar refractivity (Wildman–Crippen MR) is 130 cm³/mol. The number of hydrogen-bond acceptors (Lipinski definition) is 7. The Kier molecular flexibility index (Phi) is 5.36. The Morgan fingerprint density at radius 1 is 1.31 bits per heavy atom. The molecule has 5 N–H and O–H groups in total. The Balaban J connectivity index is 1.65. The van der Waals surface area contributed by atoms with Crippen LogP contribution >= 0.6 is 11.6 Å². The summed E-state index contributed by atoms with van der Waals surface area (Å²) in [5.74, 6) is -1.67. The Labute approximate surface area is 209 Å². The van der Waals surface area contributed by atoms with Crippen LogP contribution in [0.4, 0.5) is 5.69 Å². The number of aliphatic hydroxyl groups is 3. The van der Waals surface area contributed by atoms with Crippen molar-refractivity contribution in [3.63, 3.8) is 0 Å². The number of benzene rings is 1. The average molecular weight is 502 g/mol. The van der Waals surface area contributed by atoms with Crippen LogP contribution in [0.3, 0.4) is 0 Å². The number of carbonyl (C=O) groups is 2. The number of anilines is 1. The number of aliphatic hydroxyl groups excluding tert-OH is 2. The zero-order chi connectivity index (χ0) is 25.7. The highest BCUT2D eigenvalue weighted by Crippen LogP contribution is 2.71. The van der Waals surface area contributed by atoms with E-state index in [0.29, 0.717) is 12.0 Å². The van der Waals surface area contributed by atoms with Crippen molar-refractivity contribution in [3.8, 4) is 0 Å². The molecule has 1 aromatic rings. The standard InChI is InChI=1S/C27H32ClNO6/c1-12-10-26-13(2)8-16-20(25(16,3)4)15(22(26)32)9-14(11-30)21(31)27(26,34)23(12)35-24(33)19-17(28)6-5-7-18(19)29/h5-7,9-10,13,15-16,20-21,23,30-31,34H,8,11,29H2,1-4H3/t13-,15+,16-,20+,21-,23+,26+,27+/m1/s1. The molecular weight excluding hydrogens is 470 g/mol. The van der Waals surface area contributed by atoms with Gasteiger partial charge in [-0.05, 0) is 59.8 Å². The van der Waals surface area contributed by atoms with Crippen molar-refractivity contribution in [1.82, 2.24) is 0 Å². The van der Waals surface area contributed by atoms with E-state index in [1.54, 1.807) is 25.1 Å². The lowest BCUT2D eigenvalue weighted by Gasteiger charge is -2.48. The first kappa shape index (κ1) is 24.5. The minimum atomic E-state index is -2.20. The third kappa shape index (κ3) is 2.95. The number of halogens is 1. The molecule has 0 aromatic heterocycles. The molecule has 0 unspecified atom stereocenters. The van der Waals surface area contributed by atoms with Gasteiger partial charge in [-0.3, -0.25) is 4.79 Å². The van der Waals surface area contributed by atoms with Gasteiger partial charge in [0.15, 0.2) is 17.5 Å². The van der Waals surface area contributed by atoms with Crippen molar-refractivity contribution in [2.45, 2.75) is 51.9 Å². The highest BCUT2D eigenvalue weighted by Gasteiger charge is 2.76. The second kappa shape index (κ2) is 7.65. The summed E-state index contributed by atoms with van der Waals surface area (Å²) < 4.78 is 5.82. The number of hydrogen-bond donors (Lipinski definition) is 4. The van der Waals surface area contributed by atoms with Crippen molar-refractivity contribution < 1.29 is 29.6 Å². The van der Waals surface area contributed by atoms with E-state index in [1.165, 1.54) is 12.1 Å². The molecular formula is C27H32ClNO6. The SMILES string of the molecule is CC1=C[C@]23C(=O)[C@@H](C=C(CO)[C@@H](O)[C@]2(O)[C@H]1OC(=O)c1c(N)cccc1Cl)[C@H]1[C@@H](C[C@H]3C)C1(C)C. The van der Waals surface area contributed by atoms with Crippen molar-refractivity contribution in [2.75, 3.05) is 12.3 Å². The maximum atomic E-state index is 14.3. The van der Waals surface area contributed by atoms with Gasteiger partial charge in [-0.25, -0.2) is 4.79 Å². The smallest absolute Gasteiger partial charge is 0.342 e. The molecule has 1 aromatic carbocycles. The van der Waals surface area contributed by atoms with Crippen LogP contribution in [0.1, 0.15) is 44.5 Å². The van der Waals surface area contributed by atoms with Gasteiger partial charge in [-0.15, -0.1) is 0 Å². The van der Waals surface area contributed by atoms with Crippen LogP contribution in [0.2, 0.25) is 5.02 Å². The van der Waals surface area contributed by atoms with E-state index in [9.17, 15) is 24.9 Å². The molecule has 2 bridgehead atoms. The largest absolute Gasteiger partial charge is 0.451 e. The molecule has 0 aliphatic heterocycles. The lowest BCUT2D eigenvalue weighted by Crippen LogP contribution is -2.65. The second-order valence-corrected chi connectivity index (χ2v) is 11.8. The van der Waals surface area contributed by atoms with Crippen LogP contribution in [0, 0.1) is 34.5 Å². The average Bonchev–Trinajstić information content (AvgIpc) is 3.27. The van der Waals surface area contributed by atoms with E-state index in [0.717, 1.165) is 0 Å². The third-order valence-electron chi connectivity index (χ3n) is 9.37. The number of rotatable bonds is 3. The molecule has 0 saturated heterocycles. The molecule has 2 saturated carbocycles. The van der Waals surface area contributed by atoms with Gasteiger partial charge >= 0.3 is 5.97 Å². The number of nitrogen functional groups attached to an aromatic ring is 1. The van der Waals surface area contributed by atoms with Crippen LogP contribution in [-0.2, 0) is 9.53 Å².